The van der Waals surface area contributed by atoms with Crippen molar-refractivity contribution in [3.63, 3.8) is 0 Å². The van der Waals surface area contributed by atoms with Crippen molar-refractivity contribution < 1.29 is 4.90 Å². The lowest BCUT2D eigenvalue weighted by molar-refractivity contribution is -0.880. The zero-order valence-electron chi connectivity index (χ0n) is 11.2. The minimum absolute atomic E-state index is 1.13. The highest BCUT2D eigenvalue weighted by Gasteiger charge is 2.02. The van der Waals surface area contributed by atoms with Crippen LogP contribution >= 0.6 is 0 Å². The Labute approximate surface area is 101 Å². The van der Waals surface area contributed by atoms with Gasteiger partial charge >= 0.3 is 0 Å². The van der Waals surface area contributed by atoms with Crippen LogP contribution in [0, 0.1) is 0 Å². The predicted octanol–water partition coefficient (Wildman–Crippen LogP) is 1.34. The van der Waals surface area contributed by atoms with Crippen molar-refractivity contribution in [3.05, 3.63) is 12.2 Å². The van der Waals surface area contributed by atoms with E-state index in [4.69, 9.17) is 0 Å². The molecule has 0 aromatic heterocycles. The highest BCUT2D eigenvalue weighted by atomic mass is 15.1. The van der Waals surface area contributed by atoms with E-state index in [1.54, 1.807) is 4.90 Å². The molecule has 0 amide bonds. The second kappa shape index (κ2) is 8.77. The van der Waals surface area contributed by atoms with Crippen LogP contribution in [0.4, 0.5) is 0 Å². The molecule has 1 atom stereocenters. The highest BCUT2D eigenvalue weighted by Crippen LogP contribution is 2.00. The SMILES string of the molecule is CN1CC=CCCC[NH+](C)CCCCCC1. The summed E-state index contributed by atoms with van der Waals surface area (Å²) < 4.78 is 0. The van der Waals surface area contributed by atoms with Crippen LogP contribution in [-0.2, 0) is 0 Å². The van der Waals surface area contributed by atoms with E-state index in [-0.39, 0.29) is 0 Å². The van der Waals surface area contributed by atoms with Gasteiger partial charge in [-0.3, -0.25) is 0 Å². The van der Waals surface area contributed by atoms with Crippen molar-refractivity contribution in [1.29, 1.82) is 0 Å². The van der Waals surface area contributed by atoms with Crippen molar-refractivity contribution in [2.45, 2.75) is 38.5 Å². The van der Waals surface area contributed by atoms with Gasteiger partial charge in [-0.05, 0) is 45.7 Å². The Morgan fingerprint density at radius 3 is 2.56 bits per heavy atom. The van der Waals surface area contributed by atoms with Gasteiger partial charge in [0.15, 0.2) is 0 Å². The maximum Gasteiger partial charge on any atom is 0.0771 e. The summed E-state index contributed by atoms with van der Waals surface area (Å²) in [5, 5.41) is 0. The largest absolute Gasteiger partial charge is 0.337 e. The normalized spacial score (nSPS) is 27.5. The fourth-order valence-corrected chi connectivity index (χ4v) is 2.27. The zero-order chi connectivity index (χ0) is 11.6. The van der Waals surface area contributed by atoms with Crippen LogP contribution in [-0.4, -0.2) is 45.2 Å². The second-order valence-electron chi connectivity index (χ2n) is 5.25. The summed E-state index contributed by atoms with van der Waals surface area (Å²) in [6.45, 7) is 5.08. The van der Waals surface area contributed by atoms with Gasteiger partial charge < -0.3 is 9.80 Å². The first-order valence-electron chi connectivity index (χ1n) is 6.94. The van der Waals surface area contributed by atoms with E-state index in [0.717, 1.165) is 6.54 Å². The average Bonchev–Trinajstić information content (AvgIpc) is 2.27. The number of hydrogen-bond donors (Lipinski definition) is 1. The molecule has 1 aliphatic rings. The molecule has 1 heterocycles. The van der Waals surface area contributed by atoms with Crippen molar-refractivity contribution in [1.82, 2.24) is 4.90 Å². The Balaban J connectivity index is 2.27. The van der Waals surface area contributed by atoms with Crippen LogP contribution in [0.1, 0.15) is 38.5 Å². The number of quaternary nitrogens is 1. The van der Waals surface area contributed by atoms with E-state index in [1.807, 2.05) is 0 Å². The summed E-state index contributed by atoms with van der Waals surface area (Å²) in [7, 11) is 4.57. The van der Waals surface area contributed by atoms with Gasteiger partial charge in [-0.1, -0.05) is 18.6 Å². The molecule has 2 heteroatoms. The Morgan fingerprint density at radius 2 is 1.69 bits per heavy atom. The van der Waals surface area contributed by atoms with E-state index in [9.17, 15) is 0 Å². The summed E-state index contributed by atoms with van der Waals surface area (Å²) in [6, 6.07) is 0. The molecule has 1 N–H and O–H groups in total. The molecule has 0 radical (unpaired) electrons. The molecule has 0 aromatic rings. The van der Waals surface area contributed by atoms with E-state index in [2.05, 4.69) is 31.1 Å². The van der Waals surface area contributed by atoms with Crippen molar-refractivity contribution in [3.8, 4) is 0 Å². The van der Waals surface area contributed by atoms with Crippen molar-refractivity contribution in [2.75, 3.05) is 40.3 Å². The first kappa shape index (κ1) is 13.7. The van der Waals surface area contributed by atoms with Crippen LogP contribution < -0.4 is 4.90 Å². The number of nitrogens with one attached hydrogen (secondary N) is 1. The summed E-state index contributed by atoms with van der Waals surface area (Å²) in [5.41, 5.74) is 0. The number of hydrogen-bond acceptors (Lipinski definition) is 1. The van der Waals surface area contributed by atoms with E-state index in [1.165, 1.54) is 58.2 Å². The van der Waals surface area contributed by atoms with Crippen LogP contribution in [0.5, 0.6) is 0 Å². The molecule has 0 saturated heterocycles. The number of rotatable bonds is 0. The molecule has 1 rings (SSSR count). The van der Waals surface area contributed by atoms with E-state index in [0.29, 0.717) is 0 Å². The molecule has 0 fully saturated rings. The Hall–Kier alpha value is -0.340. The third-order valence-corrected chi connectivity index (χ3v) is 3.45. The topological polar surface area (TPSA) is 7.68 Å². The van der Waals surface area contributed by atoms with E-state index < -0.39 is 0 Å². The monoisotopic (exact) mass is 225 g/mol. The predicted molar refractivity (Wildman–Crippen MR) is 71.0 cm³/mol. The zero-order valence-corrected chi connectivity index (χ0v) is 11.2. The van der Waals surface area contributed by atoms with E-state index >= 15 is 0 Å². The molecule has 0 aliphatic carbocycles. The molecule has 2 nitrogen and oxygen atoms in total. The Morgan fingerprint density at radius 1 is 0.938 bits per heavy atom. The molecule has 1 aliphatic heterocycles. The number of likely N-dealkylation sites (N-methyl/N-ethyl adjacent to an activating group) is 1. The van der Waals surface area contributed by atoms with Crippen LogP contribution in [0.2, 0.25) is 0 Å². The van der Waals surface area contributed by atoms with Gasteiger partial charge in [0.2, 0.25) is 0 Å². The molecule has 0 spiro atoms. The lowest BCUT2D eigenvalue weighted by Gasteiger charge is -2.16. The van der Waals surface area contributed by atoms with Gasteiger partial charge in [0, 0.05) is 6.54 Å². The summed E-state index contributed by atoms with van der Waals surface area (Å²) in [6.07, 6.45) is 12.9. The molecule has 0 saturated carbocycles. The standard InChI is InChI=1S/C14H28N2/c1-15-11-7-3-5-9-13-16(2)14-10-6-4-8-12-15/h3,7H,4-6,8-14H2,1-2H3/p+1. The Kier molecular flexibility index (Phi) is 7.52. The number of nitrogens with zero attached hydrogens (tertiary/aromatic N) is 1. The molecule has 0 aromatic carbocycles. The van der Waals surface area contributed by atoms with Gasteiger partial charge in [0.25, 0.3) is 0 Å². The molecular weight excluding hydrogens is 196 g/mol. The van der Waals surface area contributed by atoms with Gasteiger partial charge in [0.1, 0.15) is 0 Å². The highest BCUT2D eigenvalue weighted by molar-refractivity contribution is 4.84. The second-order valence-corrected chi connectivity index (χ2v) is 5.25. The minimum Gasteiger partial charge on any atom is -0.337 e. The maximum atomic E-state index is 2.43. The average molecular weight is 225 g/mol. The smallest absolute Gasteiger partial charge is 0.0771 e. The fourth-order valence-electron chi connectivity index (χ4n) is 2.27. The van der Waals surface area contributed by atoms with Gasteiger partial charge in [-0.15, -0.1) is 0 Å². The van der Waals surface area contributed by atoms with Crippen LogP contribution in [0.3, 0.4) is 0 Å². The Bertz CT molecular complexity index is 189. The van der Waals surface area contributed by atoms with Gasteiger partial charge in [-0.2, -0.15) is 0 Å². The molecule has 94 valence electrons. The minimum atomic E-state index is 1.13. The quantitative estimate of drug-likeness (QED) is 0.611. The van der Waals surface area contributed by atoms with Gasteiger partial charge in [-0.25, -0.2) is 0 Å². The van der Waals surface area contributed by atoms with Crippen molar-refractivity contribution >= 4 is 0 Å². The molecule has 16 heavy (non-hydrogen) atoms. The van der Waals surface area contributed by atoms with Gasteiger partial charge in [0.05, 0.1) is 20.1 Å². The summed E-state index contributed by atoms with van der Waals surface area (Å²) >= 11 is 0. The van der Waals surface area contributed by atoms with Crippen LogP contribution in [0.25, 0.3) is 0 Å². The molecular formula is C14H29N2+. The number of allylic oxidation sites excluding steroid dienone is 1. The molecule has 0 bridgehead atoms. The first-order valence-corrected chi connectivity index (χ1v) is 6.94. The lowest BCUT2D eigenvalue weighted by atomic mass is 10.1. The maximum absolute atomic E-state index is 2.43. The van der Waals surface area contributed by atoms with Crippen molar-refractivity contribution in [2.24, 2.45) is 0 Å². The fraction of sp³-hybridized carbons (Fsp3) is 0.857. The summed E-state index contributed by atoms with van der Waals surface area (Å²) in [5.74, 6) is 0. The third kappa shape index (κ3) is 7.02. The molecule has 1 unspecified atom stereocenters. The lowest BCUT2D eigenvalue weighted by Crippen LogP contribution is -3.09. The van der Waals surface area contributed by atoms with Crippen LogP contribution in [0.15, 0.2) is 12.2 Å². The first-order chi connectivity index (χ1) is 7.79. The summed E-state index contributed by atoms with van der Waals surface area (Å²) in [4.78, 5) is 4.14. The third-order valence-electron chi connectivity index (χ3n) is 3.45.